The van der Waals surface area contributed by atoms with Gasteiger partial charge in [0.2, 0.25) is 5.88 Å². The van der Waals surface area contributed by atoms with E-state index in [-0.39, 0.29) is 5.88 Å². The highest BCUT2D eigenvalue weighted by molar-refractivity contribution is 5.95. The fourth-order valence-corrected chi connectivity index (χ4v) is 1.24. The first-order valence-electron chi connectivity index (χ1n) is 3.52. The van der Waals surface area contributed by atoms with Crippen LogP contribution in [-0.2, 0) is 0 Å². The highest BCUT2D eigenvalue weighted by Crippen LogP contribution is 2.31. The average molecular weight is 164 g/mol. The second kappa shape index (κ2) is 2.42. The zero-order chi connectivity index (χ0) is 8.55. The van der Waals surface area contributed by atoms with E-state index in [0.29, 0.717) is 5.69 Å². The van der Waals surface area contributed by atoms with Gasteiger partial charge in [0.15, 0.2) is 0 Å². The summed E-state index contributed by atoms with van der Waals surface area (Å²) in [6.45, 7) is 0. The molecule has 0 aliphatic carbocycles. The van der Waals surface area contributed by atoms with E-state index in [0.717, 1.165) is 10.9 Å². The molecule has 0 bridgehead atoms. The van der Waals surface area contributed by atoms with Gasteiger partial charge in [-0.3, -0.25) is 10.7 Å². The van der Waals surface area contributed by atoms with Crippen LogP contribution >= 0.6 is 0 Å². The van der Waals surface area contributed by atoms with Gasteiger partial charge in [-0.2, -0.15) is 0 Å². The number of H-pyrrole nitrogens is 1. The molecule has 0 radical (unpaired) electrons. The number of fused-ring (bicyclic) bond motifs is 1. The molecule has 1 aromatic carbocycles. The first-order valence-corrected chi connectivity index (χ1v) is 3.52. The van der Waals surface area contributed by atoms with Crippen LogP contribution in [0.2, 0.25) is 0 Å². The molecule has 12 heavy (non-hydrogen) atoms. The lowest BCUT2D eigenvalue weighted by Gasteiger charge is -1.94. The first kappa shape index (κ1) is 7.00. The summed E-state index contributed by atoms with van der Waals surface area (Å²) < 4.78 is 0. The maximum atomic E-state index is 9.26. The van der Waals surface area contributed by atoms with Gasteiger partial charge in [-0.05, 0) is 6.07 Å². The third-order valence-electron chi connectivity index (χ3n) is 1.80. The van der Waals surface area contributed by atoms with Crippen molar-refractivity contribution >= 4 is 16.6 Å². The van der Waals surface area contributed by atoms with Gasteiger partial charge in [-0.1, -0.05) is 18.2 Å². The molecule has 1 aromatic heterocycles. The second-order valence-electron chi connectivity index (χ2n) is 2.51. The molecular formula is C8H8N2O2. The Morgan fingerprint density at radius 2 is 2.00 bits per heavy atom. The van der Waals surface area contributed by atoms with E-state index in [1.165, 1.54) is 0 Å². The fraction of sp³-hybridized carbons (Fsp3) is 0. The summed E-state index contributed by atoms with van der Waals surface area (Å²) in [5, 5.41) is 18.7. The van der Waals surface area contributed by atoms with Gasteiger partial charge in [-0.15, -0.1) is 0 Å². The van der Waals surface area contributed by atoms with E-state index in [9.17, 15) is 5.11 Å². The number of benzene rings is 1. The maximum absolute atomic E-state index is 9.26. The zero-order valence-corrected chi connectivity index (χ0v) is 6.20. The van der Waals surface area contributed by atoms with Crippen molar-refractivity contribution < 1.29 is 10.3 Å². The Kier molecular flexibility index (Phi) is 1.41. The predicted octanol–water partition coefficient (Wildman–Crippen LogP) is 1.67. The Morgan fingerprint density at radius 1 is 1.25 bits per heavy atom. The maximum Gasteiger partial charge on any atom is 0.215 e. The zero-order valence-electron chi connectivity index (χ0n) is 6.20. The third kappa shape index (κ3) is 0.820. The van der Waals surface area contributed by atoms with E-state index in [1.807, 2.05) is 23.7 Å². The van der Waals surface area contributed by atoms with E-state index in [4.69, 9.17) is 5.21 Å². The minimum Gasteiger partial charge on any atom is -0.493 e. The number of para-hydroxylation sites is 1. The van der Waals surface area contributed by atoms with E-state index < -0.39 is 0 Å². The van der Waals surface area contributed by atoms with Crippen LogP contribution in [-0.4, -0.2) is 15.3 Å². The van der Waals surface area contributed by atoms with Crippen molar-refractivity contribution in [1.82, 2.24) is 4.98 Å². The fourth-order valence-electron chi connectivity index (χ4n) is 1.24. The number of hydrogen-bond donors (Lipinski definition) is 4. The van der Waals surface area contributed by atoms with Crippen LogP contribution in [0.15, 0.2) is 24.3 Å². The summed E-state index contributed by atoms with van der Waals surface area (Å²) in [6, 6.07) is 7.29. The van der Waals surface area contributed by atoms with E-state index >= 15 is 0 Å². The lowest BCUT2D eigenvalue weighted by Crippen LogP contribution is -1.86. The average Bonchev–Trinajstić information content (AvgIpc) is 2.40. The number of hydrogen-bond acceptors (Lipinski definition) is 3. The molecule has 2 rings (SSSR count). The number of rotatable bonds is 1. The minimum absolute atomic E-state index is 0.0568. The summed E-state index contributed by atoms with van der Waals surface area (Å²) in [7, 11) is 0. The molecule has 4 heteroatoms. The molecule has 2 aromatic rings. The summed E-state index contributed by atoms with van der Waals surface area (Å²) >= 11 is 0. The van der Waals surface area contributed by atoms with Crippen LogP contribution < -0.4 is 5.48 Å². The van der Waals surface area contributed by atoms with Crippen LogP contribution in [0.4, 0.5) is 5.69 Å². The van der Waals surface area contributed by atoms with Crippen molar-refractivity contribution in [2.45, 2.75) is 0 Å². The van der Waals surface area contributed by atoms with Crippen LogP contribution in [0.1, 0.15) is 0 Å². The van der Waals surface area contributed by atoms with Crippen LogP contribution in [0.25, 0.3) is 10.9 Å². The molecule has 4 N–H and O–H groups in total. The third-order valence-corrected chi connectivity index (χ3v) is 1.80. The SMILES string of the molecule is ONc1c(O)[nH]c2ccccc12. The highest BCUT2D eigenvalue weighted by Gasteiger charge is 2.07. The summed E-state index contributed by atoms with van der Waals surface area (Å²) in [4.78, 5) is 2.71. The van der Waals surface area contributed by atoms with Crippen LogP contribution in [0.5, 0.6) is 5.88 Å². The molecule has 0 aliphatic rings. The minimum atomic E-state index is -0.0568. The monoisotopic (exact) mass is 164 g/mol. The van der Waals surface area contributed by atoms with Gasteiger partial charge in [0.05, 0.1) is 5.52 Å². The molecule has 0 fully saturated rings. The summed E-state index contributed by atoms with van der Waals surface area (Å²) in [5.74, 6) is -0.0568. The molecule has 0 saturated carbocycles. The lowest BCUT2D eigenvalue weighted by molar-refractivity contribution is 0.380. The van der Waals surface area contributed by atoms with Crippen LogP contribution in [0.3, 0.4) is 0 Å². The van der Waals surface area contributed by atoms with Gasteiger partial charge in [0, 0.05) is 5.39 Å². The molecule has 1 heterocycles. The molecule has 0 amide bonds. The van der Waals surface area contributed by atoms with Crippen molar-refractivity contribution in [3.8, 4) is 5.88 Å². The van der Waals surface area contributed by atoms with Gasteiger partial charge in [0.25, 0.3) is 0 Å². The van der Waals surface area contributed by atoms with Gasteiger partial charge in [-0.25, -0.2) is 0 Å². The van der Waals surface area contributed by atoms with Crippen molar-refractivity contribution in [3.63, 3.8) is 0 Å². The molecule has 0 aliphatic heterocycles. The van der Waals surface area contributed by atoms with Crippen molar-refractivity contribution in [3.05, 3.63) is 24.3 Å². The summed E-state index contributed by atoms with van der Waals surface area (Å²) in [5.41, 5.74) is 3.03. The smallest absolute Gasteiger partial charge is 0.215 e. The number of aromatic amines is 1. The normalized spacial score (nSPS) is 10.4. The standard InChI is InChI=1S/C8H8N2O2/c11-8-7(10-12)5-3-1-2-4-6(5)9-8/h1-4,9-12H. The number of anilines is 1. The number of aromatic nitrogens is 1. The molecule has 0 saturated heterocycles. The van der Waals surface area contributed by atoms with Crippen molar-refractivity contribution in [1.29, 1.82) is 0 Å². The Labute approximate surface area is 68.4 Å². The second-order valence-corrected chi connectivity index (χ2v) is 2.51. The Bertz CT molecular complexity index is 408. The van der Waals surface area contributed by atoms with Gasteiger partial charge < -0.3 is 10.1 Å². The molecule has 0 unspecified atom stereocenters. The van der Waals surface area contributed by atoms with Crippen molar-refractivity contribution in [2.75, 3.05) is 5.48 Å². The van der Waals surface area contributed by atoms with Gasteiger partial charge >= 0.3 is 0 Å². The Hall–Kier alpha value is -1.68. The van der Waals surface area contributed by atoms with E-state index in [1.54, 1.807) is 6.07 Å². The molecule has 4 nitrogen and oxygen atoms in total. The summed E-state index contributed by atoms with van der Waals surface area (Å²) in [6.07, 6.45) is 0. The Morgan fingerprint density at radius 3 is 2.75 bits per heavy atom. The molecular weight excluding hydrogens is 156 g/mol. The first-order chi connectivity index (χ1) is 5.83. The highest BCUT2D eigenvalue weighted by atomic mass is 16.5. The number of aromatic hydroxyl groups is 1. The van der Waals surface area contributed by atoms with E-state index in [2.05, 4.69) is 4.98 Å². The molecule has 62 valence electrons. The lowest BCUT2D eigenvalue weighted by atomic mass is 10.2. The molecule has 0 atom stereocenters. The largest absolute Gasteiger partial charge is 0.493 e. The number of nitrogens with one attached hydrogen (secondary N) is 2. The van der Waals surface area contributed by atoms with Gasteiger partial charge in [0.1, 0.15) is 5.69 Å². The predicted molar refractivity (Wildman–Crippen MR) is 45.4 cm³/mol. The molecule has 0 spiro atoms. The van der Waals surface area contributed by atoms with Crippen molar-refractivity contribution in [2.24, 2.45) is 0 Å². The quantitative estimate of drug-likeness (QED) is 0.484. The Balaban J connectivity index is 2.81. The van der Waals surface area contributed by atoms with Crippen LogP contribution in [0, 0.1) is 0 Å². The topological polar surface area (TPSA) is 68.3 Å².